The van der Waals surface area contributed by atoms with Crippen LogP contribution in [0.5, 0.6) is 5.88 Å². The molecule has 0 saturated heterocycles. The monoisotopic (exact) mass is 323 g/mol. The highest BCUT2D eigenvalue weighted by molar-refractivity contribution is 8.44. The van der Waals surface area contributed by atoms with Gasteiger partial charge in [-0.1, -0.05) is 5.10 Å². The van der Waals surface area contributed by atoms with Crippen LogP contribution in [0.3, 0.4) is 0 Å². The van der Waals surface area contributed by atoms with Gasteiger partial charge in [0.1, 0.15) is 0 Å². The van der Waals surface area contributed by atoms with Crippen LogP contribution in [-0.2, 0) is 5.54 Å². The molecule has 3 rings (SSSR count). The maximum Gasteiger partial charge on any atom is 0.269 e. The molecule has 0 fully saturated rings. The number of nitrogens with zero attached hydrogens (tertiary/aromatic N) is 6. The van der Waals surface area contributed by atoms with E-state index in [-0.39, 0.29) is 15.2 Å². The summed E-state index contributed by atoms with van der Waals surface area (Å²) in [7, 11) is 2.76. The largest absolute Gasteiger partial charge is 0.481 e. The summed E-state index contributed by atoms with van der Waals surface area (Å²) in [5.74, 6) is 0.570. The highest BCUT2D eigenvalue weighted by Gasteiger charge is 2.26. The number of hydrogen-bond donors (Lipinski definition) is 0. The second-order valence-corrected chi connectivity index (χ2v) is 8.41. The molecule has 0 bridgehead atoms. The average Bonchev–Trinajstić information content (AvgIpc) is 3.03. The number of fused-ring (bicyclic) bond motifs is 1. The van der Waals surface area contributed by atoms with Crippen LogP contribution in [0.1, 0.15) is 20.8 Å². The summed E-state index contributed by atoms with van der Waals surface area (Å²) >= 11 is 0. The molecule has 21 heavy (non-hydrogen) atoms. The van der Waals surface area contributed by atoms with Gasteiger partial charge in [-0.2, -0.15) is 4.98 Å². The summed E-state index contributed by atoms with van der Waals surface area (Å²) < 4.78 is 11.5. The molecule has 0 aliphatic rings. The Morgan fingerprint density at radius 1 is 1.29 bits per heavy atom. The van der Waals surface area contributed by atoms with E-state index in [9.17, 15) is 0 Å². The van der Waals surface area contributed by atoms with Gasteiger partial charge in [0.2, 0.25) is 22.3 Å². The van der Waals surface area contributed by atoms with E-state index < -0.39 is 0 Å². The molecule has 0 aliphatic heterocycles. The first-order chi connectivity index (χ1) is 9.97. The minimum atomic E-state index is -0.373. The Hall–Kier alpha value is -1.74. The van der Waals surface area contributed by atoms with Gasteiger partial charge in [-0.3, -0.25) is 0 Å². The Kier molecular flexibility index (Phi) is 3.54. The molecule has 0 amide bonds. The molecular weight excluding hydrogens is 308 g/mol. The summed E-state index contributed by atoms with van der Waals surface area (Å²) in [5.41, 5.74) is 0.545. The molecule has 9 heteroatoms. The Morgan fingerprint density at radius 3 is 2.81 bits per heavy atom. The van der Waals surface area contributed by atoms with E-state index in [1.54, 1.807) is 7.11 Å². The fraction of sp³-hybridized carbons (Fsp3) is 0.417. The maximum atomic E-state index is 5.12. The van der Waals surface area contributed by atoms with Gasteiger partial charge in [-0.25, -0.2) is 4.68 Å². The highest BCUT2D eigenvalue weighted by Crippen LogP contribution is 2.39. The lowest BCUT2D eigenvalue weighted by atomic mass is 10.1. The zero-order chi connectivity index (χ0) is 15.0. The van der Waals surface area contributed by atoms with Crippen LogP contribution in [0.2, 0.25) is 0 Å². The lowest BCUT2D eigenvalue weighted by molar-refractivity contribution is 0.321. The molecular formula is C12H15N6OS2+. The molecule has 110 valence electrons. The van der Waals surface area contributed by atoms with E-state index in [0.29, 0.717) is 11.5 Å². The number of methoxy groups -OCH3 is 1. The van der Waals surface area contributed by atoms with Crippen molar-refractivity contribution in [3.05, 3.63) is 17.5 Å². The molecule has 1 unspecified atom stereocenters. The fourth-order valence-corrected chi connectivity index (χ4v) is 4.72. The average molecular weight is 323 g/mol. The third-order valence-electron chi connectivity index (χ3n) is 2.73. The van der Waals surface area contributed by atoms with Crippen LogP contribution in [0, 0.1) is 0 Å². The predicted molar refractivity (Wildman–Crippen MR) is 82.6 cm³/mol. The summed E-state index contributed by atoms with van der Waals surface area (Å²) in [5, 5.41) is 15.8. The maximum absolute atomic E-state index is 5.12. The van der Waals surface area contributed by atoms with Crippen molar-refractivity contribution in [1.82, 2.24) is 29.6 Å². The van der Waals surface area contributed by atoms with Crippen molar-refractivity contribution in [3.8, 4) is 5.88 Å². The fourth-order valence-electron chi connectivity index (χ4n) is 1.71. The second-order valence-electron chi connectivity index (χ2n) is 5.38. The van der Waals surface area contributed by atoms with Gasteiger partial charge in [0, 0.05) is 6.07 Å². The standard InChI is InChI=1S/C12H15N6OS2/c1-12(2,3)18-11(14-16-17-18)20-21-7-8-5-6-9(19-4)13-10(8)15-21/h5-7H,1-4H3/q+1. The van der Waals surface area contributed by atoms with Crippen LogP contribution in [-0.4, -0.2) is 36.7 Å². The zero-order valence-electron chi connectivity index (χ0n) is 12.1. The normalized spacial score (nSPS) is 12.9. The summed E-state index contributed by atoms with van der Waals surface area (Å²) in [6.07, 6.45) is 0. The number of tetrazole rings is 1. The molecule has 0 N–H and O–H groups in total. The van der Waals surface area contributed by atoms with Crippen molar-refractivity contribution in [3.63, 3.8) is 0 Å². The van der Waals surface area contributed by atoms with E-state index in [0.717, 1.165) is 10.5 Å². The van der Waals surface area contributed by atoms with Crippen molar-refractivity contribution < 1.29 is 4.74 Å². The van der Waals surface area contributed by atoms with Crippen LogP contribution in [0.4, 0.5) is 0 Å². The van der Waals surface area contributed by atoms with Crippen molar-refractivity contribution >= 4 is 31.5 Å². The second kappa shape index (κ2) is 5.23. The molecule has 3 aromatic heterocycles. The molecule has 3 aromatic rings. The van der Waals surface area contributed by atoms with Crippen molar-refractivity contribution in [2.45, 2.75) is 31.5 Å². The van der Waals surface area contributed by atoms with Crippen molar-refractivity contribution in [2.24, 2.45) is 0 Å². The van der Waals surface area contributed by atoms with Gasteiger partial charge < -0.3 is 4.74 Å². The SMILES string of the molecule is COc1ccc2c[s+](Sc3nnnn3C(C)(C)C)nc2n1. The first-order valence-electron chi connectivity index (χ1n) is 6.29. The van der Waals surface area contributed by atoms with Crippen LogP contribution >= 0.6 is 20.5 Å². The number of aromatic nitrogens is 6. The van der Waals surface area contributed by atoms with Gasteiger partial charge >= 0.3 is 0 Å². The smallest absolute Gasteiger partial charge is 0.269 e. The Labute approximate surface area is 128 Å². The van der Waals surface area contributed by atoms with Crippen molar-refractivity contribution in [2.75, 3.05) is 7.11 Å². The van der Waals surface area contributed by atoms with Crippen LogP contribution < -0.4 is 4.74 Å². The van der Waals surface area contributed by atoms with Gasteiger partial charge in [0.05, 0.1) is 18.0 Å². The number of pyridine rings is 1. The number of hydrogen-bond acceptors (Lipinski definition) is 7. The summed E-state index contributed by atoms with van der Waals surface area (Å²) in [4.78, 5) is 4.34. The molecule has 0 saturated carbocycles. The van der Waals surface area contributed by atoms with E-state index in [2.05, 4.69) is 51.0 Å². The number of rotatable bonds is 3. The molecule has 0 aliphatic carbocycles. The molecule has 7 nitrogen and oxygen atoms in total. The van der Waals surface area contributed by atoms with Gasteiger partial charge in [0.25, 0.3) is 5.16 Å². The molecule has 1 atom stereocenters. The molecule has 0 spiro atoms. The van der Waals surface area contributed by atoms with Gasteiger partial charge in [0.15, 0.2) is 15.1 Å². The lowest BCUT2D eigenvalue weighted by Gasteiger charge is -2.17. The Balaban J connectivity index is 1.94. The third kappa shape index (κ3) is 2.84. The zero-order valence-corrected chi connectivity index (χ0v) is 13.8. The van der Waals surface area contributed by atoms with E-state index in [4.69, 9.17) is 4.74 Å². The third-order valence-corrected chi connectivity index (χ3v) is 5.58. The quantitative estimate of drug-likeness (QED) is 0.541. The van der Waals surface area contributed by atoms with Crippen LogP contribution in [0.15, 0.2) is 22.7 Å². The van der Waals surface area contributed by atoms with Crippen LogP contribution in [0.25, 0.3) is 11.0 Å². The highest BCUT2D eigenvalue weighted by atomic mass is 33.1. The minimum absolute atomic E-state index is 0.163. The number of ether oxygens (including phenoxy) is 1. The molecule has 0 radical (unpaired) electrons. The first kappa shape index (κ1) is 14.2. The predicted octanol–water partition coefficient (Wildman–Crippen LogP) is 2.68. The minimum Gasteiger partial charge on any atom is -0.481 e. The first-order valence-corrected chi connectivity index (χ1v) is 8.87. The summed E-state index contributed by atoms with van der Waals surface area (Å²) in [6.45, 7) is 6.19. The van der Waals surface area contributed by atoms with Crippen molar-refractivity contribution in [1.29, 1.82) is 0 Å². The van der Waals surface area contributed by atoms with E-state index >= 15 is 0 Å². The molecule has 3 heterocycles. The lowest BCUT2D eigenvalue weighted by Crippen LogP contribution is -2.24. The van der Waals surface area contributed by atoms with E-state index in [1.807, 2.05) is 16.8 Å². The molecule has 0 aromatic carbocycles. The Morgan fingerprint density at radius 2 is 2.10 bits per heavy atom. The topological polar surface area (TPSA) is 78.6 Å². The Bertz CT molecular complexity index is 775. The van der Waals surface area contributed by atoms with Gasteiger partial charge in [-0.15, -0.1) is 0 Å². The summed E-state index contributed by atoms with van der Waals surface area (Å²) in [6, 6.07) is 3.80. The van der Waals surface area contributed by atoms with E-state index in [1.165, 1.54) is 10.8 Å². The van der Waals surface area contributed by atoms with Gasteiger partial charge in [-0.05, 0) is 41.6 Å².